The molecule has 1 N–H and O–H groups in total. The van der Waals surface area contributed by atoms with E-state index in [9.17, 15) is 17.6 Å². The van der Waals surface area contributed by atoms with E-state index in [0.717, 1.165) is 11.8 Å². The molecule has 1 atom stereocenters. The molecular formula is C17H18FNO3S. The standard InChI is InChI=1S/C17H18FNO3S/c1-12(14-7-9-16(18)10-8-14)19-17(20)15-5-3-13(4-6-15)11-23(2,21)22/h3-10,12H,11H2,1-2H3,(H,19,20)/t12-/m1/s1. The molecule has 0 radical (unpaired) electrons. The smallest absolute Gasteiger partial charge is 0.251 e. The fourth-order valence-corrected chi connectivity index (χ4v) is 2.97. The van der Waals surface area contributed by atoms with Crippen molar-refractivity contribution in [3.63, 3.8) is 0 Å². The Bertz CT molecular complexity index is 784. The largest absolute Gasteiger partial charge is 0.346 e. The van der Waals surface area contributed by atoms with Crippen LogP contribution in [0.2, 0.25) is 0 Å². The molecule has 0 fully saturated rings. The van der Waals surface area contributed by atoms with Gasteiger partial charge in [0.2, 0.25) is 0 Å². The highest BCUT2D eigenvalue weighted by atomic mass is 32.2. The maximum absolute atomic E-state index is 12.9. The monoisotopic (exact) mass is 335 g/mol. The first-order valence-corrected chi connectivity index (χ1v) is 9.13. The van der Waals surface area contributed by atoms with Crippen LogP contribution in [0.15, 0.2) is 48.5 Å². The van der Waals surface area contributed by atoms with Gasteiger partial charge in [-0.15, -0.1) is 0 Å². The van der Waals surface area contributed by atoms with E-state index in [1.165, 1.54) is 12.1 Å². The van der Waals surface area contributed by atoms with E-state index in [4.69, 9.17) is 0 Å². The molecule has 122 valence electrons. The van der Waals surface area contributed by atoms with E-state index in [1.54, 1.807) is 36.4 Å². The molecule has 0 aliphatic rings. The molecule has 23 heavy (non-hydrogen) atoms. The molecule has 4 nitrogen and oxygen atoms in total. The zero-order valence-corrected chi connectivity index (χ0v) is 13.7. The van der Waals surface area contributed by atoms with Crippen molar-refractivity contribution in [1.29, 1.82) is 0 Å². The highest BCUT2D eigenvalue weighted by Crippen LogP contribution is 2.14. The minimum Gasteiger partial charge on any atom is -0.346 e. The zero-order chi connectivity index (χ0) is 17.0. The van der Waals surface area contributed by atoms with Crippen LogP contribution in [0, 0.1) is 5.82 Å². The SMILES string of the molecule is C[C@@H](NC(=O)c1ccc(CS(C)(=O)=O)cc1)c1ccc(F)cc1. The van der Waals surface area contributed by atoms with Gasteiger partial charge in [0.05, 0.1) is 11.8 Å². The van der Waals surface area contributed by atoms with Crippen LogP contribution in [0.3, 0.4) is 0 Å². The molecule has 6 heteroatoms. The first-order valence-electron chi connectivity index (χ1n) is 7.07. The van der Waals surface area contributed by atoms with Crippen molar-refractivity contribution in [1.82, 2.24) is 5.32 Å². The van der Waals surface area contributed by atoms with Crippen LogP contribution < -0.4 is 5.32 Å². The molecule has 0 aliphatic carbocycles. The number of hydrogen-bond acceptors (Lipinski definition) is 3. The second-order valence-electron chi connectivity index (χ2n) is 5.51. The number of sulfone groups is 1. The molecule has 0 bridgehead atoms. The minimum atomic E-state index is -3.10. The summed E-state index contributed by atoms with van der Waals surface area (Å²) in [4.78, 5) is 12.2. The van der Waals surface area contributed by atoms with Crippen molar-refractivity contribution in [2.45, 2.75) is 18.7 Å². The Kier molecular flexibility index (Phi) is 5.15. The van der Waals surface area contributed by atoms with Crippen LogP contribution >= 0.6 is 0 Å². The first kappa shape index (κ1) is 17.1. The second-order valence-corrected chi connectivity index (χ2v) is 7.65. The Morgan fingerprint density at radius 2 is 1.65 bits per heavy atom. The number of halogens is 1. The van der Waals surface area contributed by atoms with Crippen molar-refractivity contribution < 1.29 is 17.6 Å². The van der Waals surface area contributed by atoms with Crippen molar-refractivity contribution in [2.75, 3.05) is 6.26 Å². The Balaban J connectivity index is 2.04. The number of benzene rings is 2. The highest BCUT2D eigenvalue weighted by Gasteiger charge is 2.12. The molecular weight excluding hydrogens is 317 g/mol. The molecule has 0 saturated carbocycles. The lowest BCUT2D eigenvalue weighted by Gasteiger charge is -2.14. The van der Waals surface area contributed by atoms with Crippen LogP contribution in [-0.4, -0.2) is 20.6 Å². The Morgan fingerprint density at radius 3 is 2.17 bits per heavy atom. The Morgan fingerprint density at radius 1 is 1.09 bits per heavy atom. The maximum atomic E-state index is 12.9. The Hall–Kier alpha value is -2.21. The number of carbonyl (C=O) groups excluding carboxylic acids is 1. The summed E-state index contributed by atoms with van der Waals surface area (Å²) in [6, 6.07) is 12.1. The summed E-state index contributed by atoms with van der Waals surface area (Å²) >= 11 is 0. The molecule has 0 unspecified atom stereocenters. The lowest BCUT2D eigenvalue weighted by molar-refractivity contribution is 0.0940. The summed E-state index contributed by atoms with van der Waals surface area (Å²) in [6.07, 6.45) is 1.16. The van der Waals surface area contributed by atoms with Crippen molar-refractivity contribution in [3.8, 4) is 0 Å². The lowest BCUT2D eigenvalue weighted by Crippen LogP contribution is -2.26. The van der Waals surface area contributed by atoms with Crippen molar-refractivity contribution in [2.24, 2.45) is 0 Å². The topological polar surface area (TPSA) is 63.2 Å². The lowest BCUT2D eigenvalue weighted by atomic mass is 10.1. The molecule has 2 aromatic rings. The van der Waals surface area contributed by atoms with Gasteiger partial charge in [-0.05, 0) is 42.3 Å². The zero-order valence-electron chi connectivity index (χ0n) is 12.9. The van der Waals surface area contributed by atoms with Gasteiger partial charge in [-0.2, -0.15) is 0 Å². The van der Waals surface area contributed by atoms with Gasteiger partial charge in [0.25, 0.3) is 5.91 Å². The van der Waals surface area contributed by atoms with Crippen LogP contribution in [-0.2, 0) is 15.6 Å². The second kappa shape index (κ2) is 6.91. The number of hydrogen-bond donors (Lipinski definition) is 1. The van der Waals surface area contributed by atoms with Crippen LogP contribution in [0.1, 0.15) is 34.5 Å². The molecule has 0 heterocycles. The molecule has 2 rings (SSSR count). The quantitative estimate of drug-likeness (QED) is 0.914. The van der Waals surface area contributed by atoms with E-state index < -0.39 is 9.84 Å². The predicted octanol–water partition coefficient (Wildman–Crippen LogP) is 2.86. The maximum Gasteiger partial charge on any atom is 0.251 e. The number of amides is 1. The van der Waals surface area contributed by atoms with Crippen LogP contribution in [0.25, 0.3) is 0 Å². The summed E-state index contributed by atoms with van der Waals surface area (Å²) in [5.74, 6) is -0.651. The minimum absolute atomic E-state index is 0.0547. The fraction of sp³-hybridized carbons (Fsp3) is 0.235. The summed E-state index contributed by atoms with van der Waals surface area (Å²) in [7, 11) is -3.10. The molecule has 0 aliphatic heterocycles. The number of nitrogens with one attached hydrogen (secondary N) is 1. The third kappa shape index (κ3) is 5.17. The summed E-state index contributed by atoms with van der Waals surface area (Å²) in [5, 5.41) is 2.82. The van der Waals surface area contributed by atoms with E-state index in [-0.39, 0.29) is 23.5 Å². The van der Waals surface area contributed by atoms with E-state index in [1.807, 2.05) is 6.92 Å². The van der Waals surface area contributed by atoms with Gasteiger partial charge in [0.1, 0.15) is 5.82 Å². The number of rotatable bonds is 5. The number of carbonyl (C=O) groups is 1. The van der Waals surface area contributed by atoms with Gasteiger partial charge in [-0.3, -0.25) is 4.79 Å². The van der Waals surface area contributed by atoms with Crippen molar-refractivity contribution in [3.05, 3.63) is 71.0 Å². The van der Waals surface area contributed by atoms with Crippen LogP contribution in [0.4, 0.5) is 4.39 Å². The average Bonchev–Trinajstić information content (AvgIpc) is 2.46. The van der Waals surface area contributed by atoms with E-state index in [2.05, 4.69) is 5.32 Å². The fourth-order valence-electron chi connectivity index (χ4n) is 2.17. The Labute approximate surface area is 135 Å². The third-order valence-electron chi connectivity index (χ3n) is 3.36. The molecule has 0 aromatic heterocycles. The van der Waals surface area contributed by atoms with Gasteiger partial charge in [-0.25, -0.2) is 12.8 Å². The summed E-state index contributed by atoms with van der Waals surface area (Å²) in [6.45, 7) is 1.81. The van der Waals surface area contributed by atoms with Gasteiger partial charge in [0.15, 0.2) is 9.84 Å². The van der Waals surface area contributed by atoms with Gasteiger partial charge >= 0.3 is 0 Å². The van der Waals surface area contributed by atoms with E-state index >= 15 is 0 Å². The summed E-state index contributed by atoms with van der Waals surface area (Å²) in [5.41, 5.74) is 1.88. The van der Waals surface area contributed by atoms with Gasteiger partial charge in [0, 0.05) is 11.8 Å². The first-order chi connectivity index (χ1) is 10.7. The molecule has 1 amide bonds. The third-order valence-corrected chi connectivity index (χ3v) is 4.22. The average molecular weight is 335 g/mol. The normalized spacial score (nSPS) is 12.7. The highest BCUT2D eigenvalue weighted by molar-refractivity contribution is 7.89. The summed E-state index contributed by atoms with van der Waals surface area (Å²) < 4.78 is 35.4. The van der Waals surface area contributed by atoms with Crippen molar-refractivity contribution >= 4 is 15.7 Å². The molecule has 0 saturated heterocycles. The van der Waals surface area contributed by atoms with Gasteiger partial charge < -0.3 is 5.32 Å². The van der Waals surface area contributed by atoms with Crippen LogP contribution in [0.5, 0.6) is 0 Å². The molecule has 2 aromatic carbocycles. The molecule has 0 spiro atoms. The van der Waals surface area contributed by atoms with Gasteiger partial charge in [-0.1, -0.05) is 24.3 Å². The predicted molar refractivity (Wildman–Crippen MR) is 87.3 cm³/mol. The van der Waals surface area contributed by atoms with E-state index in [0.29, 0.717) is 11.1 Å².